The summed E-state index contributed by atoms with van der Waals surface area (Å²) in [5.74, 6) is 1.99. The van der Waals surface area contributed by atoms with Crippen molar-refractivity contribution in [3.63, 3.8) is 0 Å². The maximum atomic E-state index is 5.88. The van der Waals surface area contributed by atoms with Crippen LogP contribution in [0.25, 0.3) is 0 Å². The zero-order valence-corrected chi connectivity index (χ0v) is 13.3. The fourth-order valence-corrected chi connectivity index (χ4v) is 3.66. The molecule has 1 aliphatic heterocycles. The maximum absolute atomic E-state index is 5.88. The normalized spacial score (nSPS) is 14.6. The third-order valence-corrected chi connectivity index (χ3v) is 4.75. The van der Waals surface area contributed by atoms with Gasteiger partial charge in [-0.1, -0.05) is 25.1 Å². The van der Waals surface area contributed by atoms with Crippen LogP contribution in [0.4, 0.5) is 0 Å². The van der Waals surface area contributed by atoms with Gasteiger partial charge in [0.15, 0.2) is 0 Å². The van der Waals surface area contributed by atoms with E-state index in [0.717, 1.165) is 37.5 Å². The van der Waals surface area contributed by atoms with Crippen LogP contribution in [0.1, 0.15) is 35.4 Å². The molecule has 4 heteroatoms. The second-order valence-electron chi connectivity index (χ2n) is 5.21. The van der Waals surface area contributed by atoms with Crippen molar-refractivity contribution < 1.29 is 9.47 Å². The first kappa shape index (κ1) is 14.4. The molecule has 0 amide bonds. The number of methoxy groups -OCH3 is 1. The fourth-order valence-electron chi connectivity index (χ4n) is 2.71. The lowest BCUT2D eigenvalue weighted by Gasteiger charge is -2.20. The SMILES string of the molecule is CCCNC(c1cc(OC)cs1)c1cccc2c1OCC2. The quantitative estimate of drug-likeness (QED) is 0.881. The van der Waals surface area contributed by atoms with E-state index in [1.165, 1.54) is 16.0 Å². The van der Waals surface area contributed by atoms with Crippen LogP contribution in [0, 0.1) is 0 Å². The minimum absolute atomic E-state index is 0.173. The Morgan fingerprint density at radius 2 is 2.33 bits per heavy atom. The van der Waals surface area contributed by atoms with Gasteiger partial charge in [0.05, 0.1) is 19.8 Å². The van der Waals surface area contributed by atoms with Gasteiger partial charge in [-0.2, -0.15) is 0 Å². The molecule has 112 valence electrons. The first-order chi connectivity index (χ1) is 10.3. The Hall–Kier alpha value is -1.52. The van der Waals surface area contributed by atoms with Gasteiger partial charge in [-0.15, -0.1) is 11.3 Å². The van der Waals surface area contributed by atoms with Crippen molar-refractivity contribution >= 4 is 11.3 Å². The van der Waals surface area contributed by atoms with Crippen LogP contribution in [0.15, 0.2) is 29.6 Å². The average Bonchev–Trinajstić information content (AvgIpc) is 3.16. The number of ether oxygens (including phenoxy) is 2. The van der Waals surface area contributed by atoms with Gasteiger partial charge in [0, 0.05) is 22.2 Å². The van der Waals surface area contributed by atoms with E-state index in [2.05, 4.69) is 41.9 Å². The van der Waals surface area contributed by atoms with Crippen molar-refractivity contribution in [3.05, 3.63) is 45.6 Å². The summed E-state index contributed by atoms with van der Waals surface area (Å²) in [6.45, 7) is 3.96. The minimum atomic E-state index is 0.173. The first-order valence-corrected chi connectivity index (χ1v) is 8.31. The van der Waals surface area contributed by atoms with Gasteiger partial charge in [-0.3, -0.25) is 0 Å². The van der Waals surface area contributed by atoms with E-state index < -0.39 is 0 Å². The zero-order chi connectivity index (χ0) is 14.7. The molecule has 3 nitrogen and oxygen atoms in total. The van der Waals surface area contributed by atoms with Gasteiger partial charge in [0.2, 0.25) is 0 Å². The molecular weight excluding hydrogens is 282 g/mol. The van der Waals surface area contributed by atoms with Crippen LogP contribution in [0.3, 0.4) is 0 Å². The summed E-state index contributed by atoms with van der Waals surface area (Å²) < 4.78 is 11.2. The number of thiophene rings is 1. The van der Waals surface area contributed by atoms with Crippen molar-refractivity contribution in [2.75, 3.05) is 20.3 Å². The molecule has 2 aromatic rings. The topological polar surface area (TPSA) is 30.5 Å². The molecule has 0 saturated carbocycles. The van der Waals surface area contributed by atoms with Crippen molar-refractivity contribution in [2.24, 2.45) is 0 Å². The maximum Gasteiger partial charge on any atom is 0.129 e. The number of benzene rings is 1. The van der Waals surface area contributed by atoms with Gasteiger partial charge in [0.1, 0.15) is 11.5 Å². The predicted octanol–water partition coefficient (Wildman–Crippen LogP) is 3.78. The minimum Gasteiger partial charge on any atom is -0.496 e. The van der Waals surface area contributed by atoms with Crippen molar-refractivity contribution in [1.29, 1.82) is 0 Å². The number of fused-ring (bicyclic) bond motifs is 1. The molecule has 1 N–H and O–H groups in total. The van der Waals surface area contributed by atoms with Crippen LogP contribution < -0.4 is 14.8 Å². The number of hydrogen-bond acceptors (Lipinski definition) is 4. The predicted molar refractivity (Wildman–Crippen MR) is 86.6 cm³/mol. The number of hydrogen-bond donors (Lipinski definition) is 1. The van der Waals surface area contributed by atoms with Gasteiger partial charge in [-0.25, -0.2) is 0 Å². The zero-order valence-electron chi connectivity index (χ0n) is 12.5. The number of nitrogens with one attached hydrogen (secondary N) is 1. The largest absolute Gasteiger partial charge is 0.496 e. The Kier molecular flexibility index (Phi) is 4.46. The lowest BCUT2D eigenvalue weighted by atomic mass is 10.0. The second-order valence-corrected chi connectivity index (χ2v) is 6.15. The summed E-state index contributed by atoms with van der Waals surface area (Å²) >= 11 is 1.73. The second kappa shape index (κ2) is 6.50. The van der Waals surface area contributed by atoms with Gasteiger partial charge in [-0.05, 0) is 24.6 Å². The van der Waals surface area contributed by atoms with E-state index in [-0.39, 0.29) is 6.04 Å². The Morgan fingerprint density at radius 3 is 3.10 bits per heavy atom. The molecule has 1 aromatic carbocycles. The molecule has 1 aliphatic rings. The van der Waals surface area contributed by atoms with E-state index in [1.807, 2.05) is 0 Å². The highest BCUT2D eigenvalue weighted by Gasteiger charge is 2.24. The van der Waals surface area contributed by atoms with Crippen LogP contribution in [0.5, 0.6) is 11.5 Å². The van der Waals surface area contributed by atoms with Gasteiger partial charge in [0.25, 0.3) is 0 Å². The summed E-state index contributed by atoms with van der Waals surface area (Å²) in [7, 11) is 1.71. The Morgan fingerprint density at radius 1 is 1.43 bits per heavy atom. The summed E-state index contributed by atoms with van der Waals surface area (Å²) in [5.41, 5.74) is 2.56. The van der Waals surface area contributed by atoms with Crippen LogP contribution >= 0.6 is 11.3 Å². The molecule has 2 heterocycles. The van der Waals surface area contributed by atoms with Crippen LogP contribution in [-0.2, 0) is 6.42 Å². The van der Waals surface area contributed by atoms with Crippen LogP contribution in [-0.4, -0.2) is 20.3 Å². The molecule has 1 atom stereocenters. The van der Waals surface area contributed by atoms with E-state index in [1.54, 1.807) is 18.4 Å². The van der Waals surface area contributed by atoms with E-state index in [9.17, 15) is 0 Å². The molecule has 1 unspecified atom stereocenters. The highest BCUT2D eigenvalue weighted by molar-refractivity contribution is 7.10. The molecule has 0 radical (unpaired) electrons. The van der Waals surface area contributed by atoms with E-state index >= 15 is 0 Å². The number of rotatable bonds is 6. The Bertz CT molecular complexity index is 609. The molecule has 0 spiro atoms. The molecule has 0 saturated heterocycles. The van der Waals surface area contributed by atoms with E-state index in [4.69, 9.17) is 9.47 Å². The highest BCUT2D eigenvalue weighted by Crippen LogP contribution is 2.39. The Balaban J connectivity index is 1.97. The van der Waals surface area contributed by atoms with Crippen molar-refractivity contribution in [2.45, 2.75) is 25.8 Å². The lowest BCUT2D eigenvalue weighted by Crippen LogP contribution is -2.22. The van der Waals surface area contributed by atoms with Gasteiger partial charge >= 0.3 is 0 Å². The molecule has 0 aliphatic carbocycles. The van der Waals surface area contributed by atoms with Crippen LogP contribution in [0.2, 0.25) is 0 Å². The lowest BCUT2D eigenvalue weighted by molar-refractivity contribution is 0.350. The summed E-state index contributed by atoms with van der Waals surface area (Å²) in [6, 6.07) is 8.76. The molecule has 0 bridgehead atoms. The average molecular weight is 303 g/mol. The number of para-hydroxylation sites is 1. The summed E-state index contributed by atoms with van der Waals surface area (Å²) in [5, 5.41) is 5.70. The standard InChI is InChI=1S/C17H21NO2S/c1-3-8-18-16(15-10-13(19-2)11-21-15)14-6-4-5-12-7-9-20-17(12)14/h4-6,10-11,16,18H,3,7-9H2,1-2H3. The van der Waals surface area contributed by atoms with Crippen molar-refractivity contribution in [1.82, 2.24) is 5.32 Å². The third kappa shape index (κ3) is 2.92. The monoisotopic (exact) mass is 303 g/mol. The third-order valence-electron chi connectivity index (χ3n) is 3.77. The van der Waals surface area contributed by atoms with Gasteiger partial charge < -0.3 is 14.8 Å². The smallest absolute Gasteiger partial charge is 0.129 e. The Labute approximate surface area is 129 Å². The van der Waals surface area contributed by atoms with E-state index in [0.29, 0.717) is 0 Å². The molecule has 21 heavy (non-hydrogen) atoms. The summed E-state index contributed by atoms with van der Waals surface area (Å²) in [4.78, 5) is 1.27. The molecule has 3 rings (SSSR count). The molecular formula is C17H21NO2S. The molecule has 1 aromatic heterocycles. The first-order valence-electron chi connectivity index (χ1n) is 7.44. The fraction of sp³-hybridized carbons (Fsp3) is 0.412. The van der Waals surface area contributed by atoms with Crippen molar-refractivity contribution in [3.8, 4) is 11.5 Å². The summed E-state index contributed by atoms with van der Waals surface area (Å²) in [6.07, 6.45) is 2.12. The highest BCUT2D eigenvalue weighted by atomic mass is 32.1. The molecule has 0 fully saturated rings.